The first-order valence-corrected chi connectivity index (χ1v) is 8.59. The summed E-state index contributed by atoms with van der Waals surface area (Å²) < 4.78 is 17.5. The van der Waals surface area contributed by atoms with Gasteiger partial charge in [-0.25, -0.2) is 4.90 Å². The molecule has 0 saturated heterocycles. The first kappa shape index (κ1) is 16.4. The number of fused-ring (bicyclic) bond motifs is 5. The molecule has 0 saturated carbocycles. The van der Waals surface area contributed by atoms with Crippen LogP contribution < -0.4 is 14.4 Å². The van der Waals surface area contributed by atoms with Gasteiger partial charge in [0.15, 0.2) is 11.2 Å². The number of carbonyl (C=O) groups excluding carboxylic acids is 2. The SMILES string of the molecule is CC(C)Oc1c(OC(C)C)c2oc1c1c2C(=O)N(c2ccccc2)C1=O. The fourth-order valence-electron chi connectivity index (χ4n) is 3.18. The lowest BCUT2D eigenvalue weighted by Crippen LogP contribution is -2.29. The molecule has 26 heavy (non-hydrogen) atoms. The summed E-state index contributed by atoms with van der Waals surface area (Å²) in [7, 11) is 0. The molecule has 4 rings (SSSR count). The van der Waals surface area contributed by atoms with Crippen LogP contribution in [0.4, 0.5) is 5.69 Å². The zero-order valence-electron chi connectivity index (χ0n) is 15.0. The molecule has 0 N–H and O–H groups in total. The molecule has 3 aromatic rings. The summed E-state index contributed by atoms with van der Waals surface area (Å²) in [6.45, 7) is 7.52. The maximum atomic E-state index is 13.0. The molecule has 0 radical (unpaired) electrons. The molecule has 134 valence electrons. The van der Waals surface area contributed by atoms with Gasteiger partial charge < -0.3 is 13.9 Å². The lowest BCUT2D eigenvalue weighted by atomic mass is 10.1. The summed E-state index contributed by atoms with van der Waals surface area (Å²) in [6.07, 6.45) is -0.262. The van der Waals surface area contributed by atoms with E-state index in [1.54, 1.807) is 24.3 Å². The maximum Gasteiger partial charge on any atom is 0.270 e. The van der Waals surface area contributed by atoms with Gasteiger partial charge in [-0.2, -0.15) is 0 Å². The summed E-state index contributed by atoms with van der Waals surface area (Å²) >= 11 is 0. The Morgan fingerprint density at radius 1 is 0.808 bits per heavy atom. The van der Waals surface area contributed by atoms with Crippen LogP contribution in [0.15, 0.2) is 34.7 Å². The number of rotatable bonds is 5. The number of nitrogens with zero attached hydrogens (tertiary/aromatic N) is 1. The molecule has 0 fully saturated rings. The Hall–Kier alpha value is -3.02. The van der Waals surface area contributed by atoms with Gasteiger partial charge in [0.1, 0.15) is 11.1 Å². The second-order valence-corrected chi connectivity index (χ2v) is 6.78. The van der Waals surface area contributed by atoms with Crippen LogP contribution >= 0.6 is 0 Å². The zero-order chi connectivity index (χ0) is 18.6. The lowest BCUT2D eigenvalue weighted by Gasteiger charge is -2.14. The summed E-state index contributed by atoms with van der Waals surface area (Å²) in [6, 6.07) is 8.84. The number of amides is 2. The van der Waals surface area contributed by atoms with Crippen molar-refractivity contribution in [1.29, 1.82) is 0 Å². The third-order valence-electron chi connectivity index (χ3n) is 4.08. The Kier molecular flexibility index (Phi) is 3.64. The van der Waals surface area contributed by atoms with Gasteiger partial charge in [0, 0.05) is 0 Å². The zero-order valence-corrected chi connectivity index (χ0v) is 15.0. The number of carbonyl (C=O) groups is 2. The van der Waals surface area contributed by atoms with Crippen LogP contribution in [0.25, 0.3) is 11.2 Å². The van der Waals surface area contributed by atoms with Crippen molar-refractivity contribution in [3.63, 3.8) is 0 Å². The molecule has 3 heterocycles. The van der Waals surface area contributed by atoms with Crippen LogP contribution in [0, 0.1) is 0 Å². The standard InChI is InChI=1S/C20H19NO5/c1-10(2)24-17-15-13-14(16(26-15)18(17)25-11(3)4)20(23)21(19(13)22)12-8-6-5-7-9-12/h5-11H,1-4H3. The number of imide groups is 1. The van der Waals surface area contributed by atoms with Crippen molar-refractivity contribution < 1.29 is 23.5 Å². The number of furan rings is 2. The molecule has 6 nitrogen and oxygen atoms in total. The molecular formula is C20H19NO5. The quantitative estimate of drug-likeness (QED) is 0.642. The van der Waals surface area contributed by atoms with Crippen LogP contribution in [0.5, 0.6) is 11.5 Å². The average molecular weight is 353 g/mol. The van der Waals surface area contributed by atoms with Crippen molar-refractivity contribution in [2.45, 2.75) is 39.9 Å². The Balaban J connectivity index is 1.88. The molecule has 2 amide bonds. The van der Waals surface area contributed by atoms with Gasteiger partial charge >= 0.3 is 0 Å². The molecule has 0 atom stereocenters. The minimum atomic E-state index is -0.408. The minimum Gasteiger partial charge on any atom is -0.484 e. The predicted molar refractivity (Wildman–Crippen MR) is 96.5 cm³/mol. The van der Waals surface area contributed by atoms with Gasteiger partial charge in [-0.05, 0) is 39.8 Å². The molecule has 1 aliphatic heterocycles. The van der Waals surface area contributed by atoms with Crippen molar-refractivity contribution in [1.82, 2.24) is 0 Å². The lowest BCUT2D eigenvalue weighted by molar-refractivity contribution is 0.0925. The van der Waals surface area contributed by atoms with Crippen LogP contribution in [0.1, 0.15) is 48.4 Å². The number of hydrogen-bond acceptors (Lipinski definition) is 5. The van der Waals surface area contributed by atoms with E-state index < -0.39 is 11.8 Å². The number of hydrogen-bond donors (Lipinski definition) is 0. The van der Waals surface area contributed by atoms with E-state index in [-0.39, 0.29) is 34.5 Å². The normalized spacial score (nSPS) is 14.2. The average Bonchev–Trinajstić information content (AvgIpc) is 3.19. The fraction of sp³-hybridized carbons (Fsp3) is 0.300. The highest BCUT2D eigenvalue weighted by Gasteiger charge is 2.46. The Bertz CT molecular complexity index is 928. The van der Waals surface area contributed by atoms with E-state index in [9.17, 15) is 9.59 Å². The topological polar surface area (TPSA) is 69.0 Å². The third-order valence-corrected chi connectivity index (χ3v) is 4.08. The van der Waals surface area contributed by atoms with Crippen molar-refractivity contribution in [2.24, 2.45) is 0 Å². The van der Waals surface area contributed by atoms with Crippen LogP contribution in [-0.4, -0.2) is 24.0 Å². The van der Waals surface area contributed by atoms with Gasteiger partial charge in [0.25, 0.3) is 11.8 Å². The third kappa shape index (κ3) is 2.25. The molecular weight excluding hydrogens is 334 g/mol. The molecule has 0 spiro atoms. The van der Waals surface area contributed by atoms with E-state index in [2.05, 4.69) is 0 Å². The molecule has 2 aromatic heterocycles. The van der Waals surface area contributed by atoms with Crippen LogP contribution in [0.3, 0.4) is 0 Å². The molecule has 0 aliphatic carbocycles. The number of ether oxygens (including phenoxy) is 2. The summed E-state index contributed by atoms with van der Waals surface area (Å²) in [5.74, 6) is -0.0404. The first-order valence-electron chi connectivity index (χ1n) is 8.59. The van der Waals surface area contributed by atoms with E-state index in [4.69, 9.17) is 13.9 Å². The molecule has 1 aromatic carbocycles. The van der Waals surface area contributed by atoms with Gasteiger partial charge in [0.05, 0.1) is 17.9 Å². The van der Waals surface area contributed by atoms with E-state index in [0.717, 1.165) is 0 Å². The Morgan fingerprint density at radius 2 is 1.27 bits per heavy atom. The highest BCUT2D eigenvalue weighted by molar-refractivity contribution is 6.39. The van der Waals surface area contributed by atoms with Gasteiger partial charge in [-0.3, -0.25) is 9.59 Å². The molecule has 2 bridgehead atoms. The van der Waals surface area contributed by atoms with Crippen LogP contribution in [-0.2, 0) is 0 Å². The van der Waals surface area contributed by atoms with E-state index in [1.807, 2.05) is 33.8 Å². The summed E-state index contributed by atoms with van der Waals surface area (Å²) in [4.78, 5) is 27.1. The van der Waals surface area contributed by atoms with E-state index in [1.165, 1.54) is 4.90 Å². The highest BCUT2D eigenvalue weighted by Crippen LogP contribution is 2.51. The largest absolute Gasteiger partial charge is 0.484 e. The van der Waals surface area contributed by atoms with Crippen molar-refractivity contribution >= 4 is 28.7 Å². The number of anilines is 1. The van der Waals surface area contributed by atoms with Crippen LogP contribution in [0.2, 0.25) is 0 Å². The second kappa shape index (κ2) is 5.76. The van der Waals surface area contributed by atoms with Crippen molar-refractivity contribution in [3.8, 4) is 11.5 Å². The van der Waals surface area contributed by atoms with Gasteiger partial charge in [-0.1, -0.05) is 18.2 Å². The van der Waals surface area contributed by atoms with E-state index >= 15 is 0 Å². The fourth-order valence-corrected chi connectivity index (χ4v) is 3.18. The molecule has 6 heteroatoms. The maximum absolute atomic E-state index is 13.0. The van der Waals surface area contributed by atoms with Gasteiger partial charge in [-0.15, -0.1) is 0 Å². The minimum absolute atomic E-state index is 0.131. The molecule has 1 aliphatic rings. The van der Waals surface area contributed by atoms with Gasteiger partial charge in [0.2, 0.25) is 11.5 Å². The Labute approximate surface area is 150 Å². The predicted octanol–water partition coefficient (Wildman–Crippen LogP) is 4.25. The molecule has 0 unspecified atom stereocenters. The summed E-state index contributed by atoms with van der Waals surface area (Å²) in [5.41, 5.74) is 1.57. The monoisotopic (exact) mass is 353 g/mol. The Morgan fingerprint density at radius 3 is 1.69 bits per heavy atom. The van der Waals surface area contributed by atoms with E-state index in [0.29, 0.717) is 17.2 Å². The second-order valence-electron chi connectivity index (χ2n) is 6.78. The first-order chi connectivity index (χ1) is 12.4. The number of para-hydroxylation sites is 1. The van der Waals surface area contributed by atoms with Crippen molar-refractivity contribution in [2.75, 3.05) is 4.90 Å². The number of benzene rings is 2. The summed E-state index contributed by atoms with van der Waals surface area (Å²) in [5, 5.41) is 0. The highest BCUT2D eigenvalue weighted by atomic mass is 16.5. The smallest absolute Gasteiger partial charge is 0.270 e. The van der Waals surface area contributed by atoms with Crippen molar-refractivity contribution in [3.05, 3.63) is 41.5 Å².